The fourth-order valence-corrected chi connectivity index (χ4v) is 3.27. The topological polar surface area (TPSA) is 67.4 Å². The normalized spacial score (nSPS) is 21.4. The zero-order valence-corrected chi connectivity index (χ0v) is 15.6. The van der Waals surface area contributed by atoms with Gasteiger partial charge in [0.15, 0.2) is 0 Å². The number of nitrogens with one attached hydrogen (secondary N) is 2. The van der Waals surface area contributed by atoms with Crippen molar-refractivity contribution < 1.29 is 14.3 Å². The summed E-state index contributed by atoms with van der Waals surface area (Å²) in [5.41, 5.74) is 0.360. The highest BCUT2D eigenvalue weighted by atomic mass is 35.5. The number of amides is 2. The molecule has 3 unspecified atom stereocenters. The summed E-state index contributed by atoms with van der Waals surface area (Å²) >= 11 is 5.99. The molecule has 0 radical (unpaired) electrons. The quantitative estimate of drug-likeness (QED) is 0.728. The maximum absolute atomic E-state index is 12.2. The molecule has 0 bridgehead atoms. The molecule has 1 aromatic carbocycles. The van der Waals surface area contributed by atoms with Crippen LogP contribution in [0.15, 0.2) is 24.3 Å². The van der Waals surface area contributed by atoms with Gasteiger partial charge in [0, 0.05) is 6.54 Å². The Morgan fingerprint density at radius 1 is 1.28 bits per heavy atom. The number of hydrogen-bond acceptors (Lipinski definition) is 3. The van der Waals surface area contributed by atoms with Gasteiger partial charge < -0.3 is 15.4 Å². The van der Waals surface area contributed by atoms with E-state index in [1.165, 1.54) is 19.3 Å². The Bertz CT molecular complexity index is 594. The Kier molecular flexibility index (Phi) is 7.72. The van der Waals surface area contributed by atoms with Crippen LogP contribution in [0.1, 0.15) is 49.9 Å². The van der Waals surface area contributed by atoms with Crippen LogP contribution in [0.25, 0.3) is 0 Å². The second kappa shape index (κ2) is 9.78. The second-order valence-electron chi connectivity index (χ2n) is 6.64. The van der Waals surface area contributed by atoms with E-state index >= 15 is 0 Å². The first-order valence-corrected chi connectivity index (χ1v) is 9.31. The van der Waals surface area contributed by atoms with E-state index in [2.05, 4.69) is 17.6 Å². The van der Waals surface area contributed by atoms with Crippen LogP contribution >= 0.6 is 11.6 Å². The molecular weight excluding hydrogens is 340 g/mol. The van der Waals surface area contributed by atoms with E-state index in [9.17, 15) is 9.59 Å². The fourth-order valence-electron chi connectivity index (χ4n) is 3.05. The summed E-state index contributed by atoms with van der Waals surface area (Å²) < 4.78 is 5.87. The minimum absolute atomic E-state index is 0.235. The van der Waals surface area contributed by atoms with Crippen molar-refractivity contribution in [1.82, 2.24) is 10.6 Å². The Morgan fingerprint density at radius 3 is 2.72 bits per heavy atom. The Hall–Kier alpha value is -1.59. The summed E-state index contributed by atoms with van der Waals surface area (Å²) in [6, 6.07) is 6.11. The monoisotopic (exact) mass is 366 g/mol. The average Bonchev–Trinajstić information content (AvgIpc) is 2.60. The molecule has 0 aliphatic heterocycles. The maximum Gasteiger partial charge on any atom is 0.253 e. The maximum atomic E-state index is 12.2. The van der Waals surface area contributed by atoms with Crippen LogP contribution < -0.4 is 10.6 Å². The first-order chi connectivity index (χ1) is 12.0. The van der Waals surface area contributed by atoms with Gasteiger partial charge in [-0.1, -0.05) is 43.5 Å². The molecule has 1 aliphatic rings. The molecule has 0 heterocycles. The van der Waals surface area contributed by atoms with Crippen molar-refractivity contribution in [2.24, 2.45) is 5.92 Å². The number of hydrogen-bond donors (Lipinski definition) is 2. The lowest BCUT2D eigenvalue weighted by atomic mass is 9.88. The van der Waals surface area contributed by atoms with E-state index in [1.807, 2.05) is 0 Å². The highest BCUT2D eigenvalue weighted by Gasteiger charge is 2.22. The number of benzene rings is 1. The molecule has 2 N–H and O–H groups in total. The third-order valence-corrected chi connectivity index (χ3v) is 4.95. The molecule has 1 saturated carbocycles. The predicted molar refractivity (Wildman–Crippen MR) is 98.8 cm³/mol. The number of halogens is 1. The van der Waals surface area contributed by atoms with E-state index in [0.29, 0.717) is 35.8 Å². The van der Waals surface area contributed by atoms with Crippen molar-refractivity contribution in [1.29, 1.82) is 0 Å². The van der Waals surface area contributed by atoms with Crippen molar-refractivity contribution in [2.45, 2.75) is 51.7 Å². The fraction of sp³-hybridized carbons (Fsp3) is 0.579. The molecular formula is C19H27ClN2O3. The molecule has 0 saturated heterocycles. The van der Waals surface area contributed by atoms with Gasteiger partial charge in [-0.3, -0.25) is 9.59 Å². The lowest BCUT2D eigenvalue weighted by molar-refractivity contribution is -0.123. The average molecular weight is 367 g/mol. The van der Waals surface area contributed by atoms with Crippen molar-refractivity contribution in [3.05, 3.63) is 34.9 Å². The van der Waals surface area contributed by atoms with Crippen LogP contribution in [0.5, 0.6) is 0 Å². The molecule has 1 aliphatic carbocycles. The van der Waals surface area contributed by atoms with Gasteiger partial charge in [-0.05, 0) is 37.8 Å². The molecule has 1 aromatic rings. The highest BCUT2D eigenvalue weighted by Crippen LogP contribution is 2.25. The molecule has 0 aromatic heterocycles. The molecule has 1 fully saturated rings. The standard InChI is InChI=1S/C19H27ClN2O3/c1-13-7-3-6-10-17(13)25-12-11-21-18(23)14(2)22-19(24)15-8-4-5-9-16(15)20/h4-5,8-9,13-14,17H,3,6-7,10-12H2,1-2H3,(H,21,23)(H,22,24). The zero-order chi connectivity index (χ0) is 18.2. The van der Waals surface area contributed by atoms with Gasteiger partial charge >= 0.3 is 0 Å². The van der Waals surface area contributed by atoms with Gasteiger partial charge in [-0.25, -0.2) is 0 Å². The first-order valence-electron chi connectivity index (χ1n) is 8.93. The molecule has 25 heavy (non-hydrogen) atoms. The summed E-state index contributed by atoms with van der Waals surface area (Å²) in [7, 11) is 0. The number of carbonyl (C=O) groups is 2. The van der Waals surface area contributed by atoms with Crippen molar-refractivity contribution in [3.63, 3.8) is 0 Å². The minimum Gasteiger partial charge on any atom is -0.376 e. The Morgan fingerprint density at radius 2 is 2.00 bits per heavy atom. The van der Waals surface area contributed by atoms with Crippen LogP contribution in [0, 0.1) is 5.92 Å². The summed E-state index contributed by atoms with van der Waals surface area (Å²) in [4.78, 5) is 24.2. The lowest BCUT2D eigenvalue weighted by Gasteiger charge is -2.28. The van der Waals surface area contributed by atoms with E-state index in [0.717, 1.165) is 6.42 Å². The molecule has 3 atom stereocenters. The van der Waals surface area contributed by atoms with Crippen LogP contribution in [0.2, 0.25) is 5.02 Å². The Balaban J connectivity index is 1.69. The summed E-state index contributed by atoms with van der Waals surface area (Å²) in [5.74, 6) is -0.0143. The Labute approximate surface area is 154 Å². The molecule has 138 valence electrons. The van der Waals surface area contributed by atoms with E-state index < -0.39 is 6.04 Å². The molecule has 2 rings (SSSR count). The lowest BCUT2D eigenvalue weighted by Crippen LogP contribution is -2.45. The SMILES string of the molecule is CC(NC(=O)c1ccccc1Cl)C(=O)NCCOC1CCCCC1C. The second-order valence-corrected chi connectivity index (χ2v) is 7.04. The van der Waals surface area contributed by atoms with Crippen molar-refractivity contribution >= 4 is 23.4 Å². The van der Waals surface area contributed by atoms with Gasteiger partial charge in [-0.2, -0.15) is 0 Å². The number of rotatable bonds is 7. The summed E-state index contributed by atoms with van der Waals surface area (Å²) in [5, 5.41) is 5.82. The van der Waals surface area contributed by atoms with Crippen LogP contribution in [0.4, 0.5) is 0 Å². The van der Waals surface area contributed by atoms with Gasteiger partial charge in [-0.15, -0.1) is 0 Å². The summed E-state index contributed by atoms with van der Waals surface area (Å²) in [6.07, 6.45) is 5.09. The van der Waals surface area contributed by atoms with E-state index in [4.69, 9.17) is 16.3 Å². The van der Waals surface area contributed by atoms with E-state index in [-0.39, 0.29) is 11.8 Å². The zero-order valence-electron chi connectivity index (χ0n) is 14.9. The third-order valence-electron chi connectivity index (χ3n) is 4.63. The van der Waals surface area contributed by atoms with Gasteiger partial charge in [0.1, 0.15) is 6.04 Å². The number of carbonyl (C=O) groups excluding carboxylic acids is 2. The molecule has 2 amide bonds. The van der Waals surface area contributed by atoms with Crippen molar-refractivity contribution in [2.75, 3.05) is 13.2 Å². The highest BCUT2D eigenvalue weighted by molar-refractivity contribution is 6.33. The van der Waals surface area contributed by atoms with Gasteiger partial charge in [0.2, 0.25) is 5.91 Å². The molecule has 0 spiro atoms. The smallest absolute Gasteiger partial charge is 0.253 e. The third kappa shape index (κ3) is 6.01. The first kappa shape index (κ1) is 19.7. The van der Waals surface area contributed by atoms with Crippen LogP contribution in [0.3, 0.4) is 0 Å². The van der Waals surface area contributed by atoms with Crippen molar-refractivity contribution in [3.8, 4) is 0 Å². The number of ether oxygens (including phenoxy) is 1. The predicted octanol–water partition coefficient (Wildman–Crippen LogP) is 3.17. The largest absolute Gasteiger partial charge is 0.376 e. The minimum atomic E-state index is -0.641. The van der Waals surface area contributed by atoms with Gasteiger partial charge in [0.25, 0.3) is 5.91 Å². The van der Waals surface area contributed by atoms with Crippen LogP contribution in [-0.4, -0.2) is 37.1 Å². The summed E-state index contributed by atoms with van der Waals surface area (Å²) in [6.45, 7) is 4.79. The molecule has 5 nitrogen and oxygen atoms in total. The van der Waals surface area contributed by atoms with E-state index in [1.54, 1.807) is 31.2 Å². The molecule has 6 heteroatoms. The van der Waals surface area contributed by atoms with Crippen LogP contribution in [-0.2, 0) is 9.53 Å². The van der Waals surface area contributed by atoms with Gasteiger partial charge in [0.05, 0.1) is 23.3 Å².